The van der Waals surface area contributed by atoms with E-state index in [0.717, 1.165) is 11.3 Å². The predicted octanol–water partition coefficient (Wildman–Crippen LogP) is 1.65. The van der Waals surface area contributed by atoms with Crippen molar-refractivity contribution in [3.05, 3.63) is 56.2 Å². The number of ether oxygens (including phenoxy) is 2. The number of hydrogen-bond donors (Lipinski definition) is 1. The van der Waals surface area contributed by atoms with Crippen molar-refractivity contribution in [2.45, 2.75) is 25.8 Å². The second kappa shape index (κ2) is 5.01. The zero-order valence-electron chi connectivity index (χ0n) is 13.0. The van der Waals surface area contributed by atoms with E-state index in [1.807, 2.05) is 38.1 Å². The van der Waals surface area contributed by atoms with Gasteiger partial charge in [-0.25, -0.2) is 4.79 Å². The van der Waals surface area contributed by atoms with Gasteiger partial charge in [-0.15, -0.1) is 0 Å². The number of H-pyrrole nitrogens is 1. The summed E-state index contributed by atoms with van der Waals surface area (Å²) in [4.78, 5) is 27.9. The van der Waals surface area contributed by atoms with Gasteiger partial charge in [0, 0.05) is 23.4 Å². The Morgan fingerprint density at radius 2 is 1.91 bits per heavy atom. The molecule has 0 bridgehead atoms. The number of para-hydroxylation sites is 1. The molecule has 0 spiro atoms. The maximum atomic E-state index is 13.0. The third-order valence-electron chi connectivity index (χ3n) is 4.58. The highest BCUT2D eigenvalue weighted by molar-refractivity contribution is 5.47. The lowest BCUT2D eigenvalue weighted by Crippen LogP contribution is -2.45. The Kier molecular flexibility index (Phi) is 3.07. The maximum absolute atomic E-state index is 13.0. The fourth-order valence-electron chi connectivity index (χ4n) is 3.54. The van der Waals surface area contributed by atoms with Gasteiger partial charge in [0.2, 0.25) is 5.88 Å². The molecule has 2 atom stereocenters. The molecule has 0 amide bonds. The van der Waals surface area contributed by atoms with E-state index < -0.39 is 5.69 Å². The molecule has 1 aromatic heterocycles. The average molecular weight is 314 g/mol. The van der Waals surface area contributed by atoms with Crippen molar-refractivity contribution >= 4 is 0 Å². The SMILES string of the molecule is CC(C)n1c(=O)[nH]c2c(c1=O)C1c3ccccc3OCC1CO2. The molecule has 23 heavy (non-hydrogen) atoms. The van der Waals surface area contributed by atoms with Crippen LogP contribution in [-0.4, -0.2) is 22.8 Å². The van der Waals surface area contributed by atoms with Crippen LogP contribution in [0.2, 0.25) is 0 Å². The highest BCUT2D eigenvalue weighted by atomic mass is 16.5. The maximum Gasteiger partial charge on any atom is 0.331 e. The van der Waals surface area contributed by atoms with Crippen LogP contribution in [0.5, 0.6) is 11.6 Å². The average Bonchev–Trinajstić information content (AvgIpc) is 2.53. The molecular weight excluding hydrogens is 296 g/mol. The molecule has 2 unspecified atom stereocenters. The summed E-state index contributed by atoms with van der Waals surface area (Å²) in [6.07, 6.45) is 0. The monoisotopic (exact) mass is 314 g/mol. The van der Waals surface area contributed by atoms with Crippen molar-refractivity contribution in [1.29, 1.82) is 0 Å². The summed E-state index contributed by atoms with van der Waals surface area (Å²) in [6.45, 7) is 4.57. The summed E-state index contributed by atoms with van der Waals surface area (Å²) < 4.78 is 12.7. The van der Waals surface area contributed by atoms with Crippen LogP contribution in [0.3, 0.4) is 0 Å². The zero-order valence-corrected chi connectivity index (χ0v) is 13.0. The Bertz CT molecular complexity index is 881. The van der Waals surface area contributed by atoms with Gasteiger partial charge in [-0.2, -0.15) is 0 Å². The number of rotatable bonds is 1. The Labute approximate surface area is 132 Å². The van der Waals surface area contributed by atoms with Crippen molar-refractivity contribution in [3.8, 4) is 11.6 Å². The Morgan fingerprint density at radius 3 is 2.70 bits per heavy atom. The first-order valence-electron chi connectivity index (χ1n) is 7.81. The molecule has 4 rings (SSSR count). The van der Waals surface area contributed by atoms with Crippen LogP contribution in [0.25, 0.3) is 0 Å². The lowest BCUT2D eigenvalue weighted by atomic mass is 9.79. The molecule has 3 heterocycles. The highest BCUT2D eigenvalue weighted by Gasteiger charge is 2.40. The van der Waals surface area contributed by atoms with Crippen LogP contribution in [0, 0.1) is 5.92 Å². The third-order valence-corrected chi connectivity index (χ3v) is 4.58. The molecule has 0 saturated heterocycles. The second-order valence-corrected chi connectivity index (χ2v) is 6.34. The number of fused-ring (bicyclic) bond motifs is 5. The highest BCUT2D eigenvalue weighted by Crippen LogP contribution is 2.44. The van der Waals surface area contributed by atoms with E-state index in [-0.39, 0.29) is 23.4 Å². The molecule has 0 saturated carbocycles. The lowest BCUT2D eigenvalue weighted by Gasteiger charge is -2.37. The van der Waals surface area contributed by atoms with Gasteiger partial charge in [-0.1, -0.05) is 18.2 Å². The molecular formula is C17H18N2O4. The summed E-state index contributed by atoms with van der Waals surface area (Å²) in [6, 6.07) is 7.52. The normalized spacial score (nSPS) is 21.7. The molecule has 6 nitrogen and oxygen atoms in total. The quantitative estimate of drug-likeness (QED) is 0.868. The second-order valence-electron chi connectivity index (χ2n) is 6.34. The molecule has 2 aliphatic heterocycles. The first-order valence-corrected chi connectivity index (χ1v) is 7.81. The third kappa shape index (κ3) is 2.01. The van der Waals surface area contributed by atoms with Crippen molar-refractivity contribution in [3.63, 3.8) is 0 Å². The van der Waals surface area contributed by atoms with E-state index in [1.165, 1.54) is 4.57 Å². The van der Waals surface area contributed by atoms with Crippen LogP contribution in [0.1, 0.15) is 36.9 Å². The van der Waals surface area contributed by atoms with Gasteiger partial charge in [-0.05, 0) is 19.9 Å². The minimum absolute atomic E-state index is 0.0663. The molecule has 0 aliphatic carbocycles. The lowest BCUT2D eigenvalue weighted by molar-refractivity contribution is 0.120. The van der Waals surface area contributed by atoms with Crippen LogP contribution >= 0.6 is 0 Å². The minimum Gasteiger partial charge on any atom is -0.493 e. The molecule has 2 aromatic rings. The van der Waals surface area contributed by atoms with Gasteiger partial charge in [-0.3, -0.25) is 14.3 Å². The topological polar surface area (TPSA) is 73.3 Å². The Morgan fingerprint density at radius 1 is 1.17 bits per heavy atom. The van der Waals surface area contributed by atoms with E-state index in [1.54, 1.807) is 0 Å². The number of aromatic amines is 1. The predicted molar refractivity (Wildman–Crippen MR) is 84.5 cm³/mol. The van der Waals surface area contributed by atoms with Crippen molar-refractivity contribution in [1.82, 2.24) is 9.55 Å². The summed E-state index contributed by atoms with van der Waals surface area (Å²) in [5.74, 6) is 1.05. The number of aromatic nitrogens is 2. The molecule has 120 valence electrons. The van der Waals surface area contributed by atoms with Gasteiger partial charge < -0.3 is 9.47 Å². The van der Waals surface area contributed by atoms with Crippen molar-refractivity contribution in [2.75, 3.05) is 13.2 Å². The van der Waals surface area contributed by atoms with Crippen molar-refractivity contribution < 1.29 is 9.47 Å². The fourth-order valence-corrected chi connectivity index (χ4v) is 3.54. The number of benzene rings is 1. The first-order chi connectivity index (χ1) is 11.1. The van der Waals surface area contributed by atoms with E-state index in [0.29, 0.717) is 24.7 Å². The number of nitrogens with zero attached hydrogens (tertiary/aromatic N) is 1. The van der Waals surface area contributed by atoms with E-state index in [9.17, 15) is 9.59 Å². The van der Waals surface area contributed by atoms with Crippen LogP contribution < -0.4 is 20.7 Å². The van der Waals surface area contributed by atoms with Gasteiger partial charge in [0.25, 0.3) is 5.56 Å². The van der Waals surface area contributed by atoms with Crippen LogP contribution in [0.15, 0.2) is 33.9 Å². The largest absolute Gasteiger partial charge is 0.493 e. The van der Waals surface area contributed by atoms with Gasteiger partial charge in [0.15, 0.2) is 0 Å². The van der Waals surface area contributed by atoms with Gasteiger partial charge in [0.1, 0.15) is 5.75 Å². The van der Waals surface area contributed by atoms with Crippen LogP contribution in [0.4, 0.5) is 0 Å². The van der Waals surface area contributed by atoms with Gasteiger partial charge in [0.05, 0.1) is 18.8 Å². The summed E-state index contributed by atoms with van der Waals surface area (Å²) in [7, 11) is 0. The minimum atomic E-state index is -0.428. The summed E-state index contributed by atoms with van der Waals surface area (Å²) in [5, 5.41) is 0. The molecule has 1 aromatic carbocycles. The molecule has 0 fully saturated rings. The smallest absolute Gasteiger partial charge is 0.331 e. The fraction of sp³-hybridized carbons (Fsp3) is 0.412. The van der Waals surface area contributed by atoms with Gasteiger partial charge >= 0.3 is 5.69 Å². The Hall–Kier alpha value is -2.50. The molecule has 1 N–H and O–H groups in total. The summed E-state index contributed by atoms with van der Waals surface area (Å²) >= 11 is 0. The van der Waals surface area contributed by atoms with Crippen molar-refractivity contribution in [2.24, 2.45) is 5.92 Å². The number of nitrogens with one attached hydrogen (secondary N) is 1. The molecule has 6 heteroatoms. The number of hydrogen-bond acceptors (Lipinski definition) is 4. The molecule has 0 radical (unpaired) electrons. The zero-order chi connectivity index (χ0) is 16.1. The van der Waals surface area contributed by atoms with Crippen LogP contribution in [-0.2, 0) is 0 Å². The van der Waals surface area contributed by atoms with E-state index >= 15 is 0 Å². The summed E-state index contributed by atoms with van der Waals surface area (Å²) in [5.41, 5.74) is 0.811. The standard InChI is InChI=1S/C17H18N2O4/c1-9(2)19-16(20)14-13-10(8-23-15(14)18-17(19)21)7-22-12-6-4-3-5-11(12)13/h3-6,9-10,13H,7-8H2,1-2H3,(H,18,21). The Balaban J connectivity index is 2.00. The van der Waals surface area contributed by atoms with E-state index in [4.69, 9.17) is 9.47 Å². The first kappa shape index (κ1) is 14.1. The molecule has 2 aliphatic rings. The van der Waals surface area contributed by atoms with E-state index in [2.05, 4.69) is 4.98 Å².